The van der Waals surface area contributed by atoms with Gasteiger partial charge in [-0.05, 0) is 26.0 Å². The van der Waals surface area contributed by atoms with Crippen molar-refractivity contribution in [2.45, 2.75) is 20.0 Å². The third kappa shape index (κ3) is 4.71. The topological polar surface area (TPSA) is 85.2 Å². The van der Waals surface area contributed by atoms with Gasteiger partial charge in [0.1, 0.15) is 18.3 Å². The molecule has 1 rings (SSSR count). The molecule has 0 aliphatic heterocycles. The van der Waals surface area contributed by atoms with Gasteiger partial charge < -0.3 is 24.4 Å². The molecule has 0 bridgehead atoms. The van der Waals surface area contributed by atoms with E-state index in [1.807, 2.05) is 6.92 Å². The predicted octanol–water partition coefficient (Wildman–Crippen LogP) is 1.56. The molecule has 112 valence electrons. The first kappa shape index (κ1) is 16.3. The van der Waals surface area contributed by atoms with Crippen LogP contribution in [0.2, 0.25) is 0 Å². The summed E-state index contributed by atoms with van der Waals surface area (Å²) >= 11 is 0. The minimum Gasteiger partial charge on any atom is -0.490 e. The second kappa shape index (κ2) is 8.39. The van der Waals surface area contributed by atoms with Crippen LogP contribution in [0.15, 0.2) is 18.2 Å². The zero-order valence-electron chi connectivity index (χ0n) is 11.7. The van der Waals surface area contributed by atoms with E-state index in [1.54, 1.807) is 19.1 Å². The summed E-state index contributed by atoms with van der Waals surface area (Å²) in [6.07, 6.45) is -0.828. The first-order valence-corrected chi connectivity index (χ1v) is 6.47. The van der Waals surface area contributed by atoms with Gasteiger partial charge in [0.15, 0.2) is 11.5 Å². The van der Waals surface area contributed by atoms with Gasteiger partial charge in [-0.25, -0.2) is 4.79 Å². The maximum absolute atomic E-state index is 11.2. The van der Waals surface area contributed by atoms with E-state index in [1.165, 1.54) is 6.07 Å². The fraction of sp³-hybridized carbons (Fsp3) is 0.500. The zero-order valence-corrected chi connectivity index (χ0v) is 11.7. The predicted molar refractivity (Wildman–Crippen MR) is 72.6 cm³/mol. The SMILES string of the molecule is CCOCC(O)COc1c(OCC)cccc1C(=O)O. The first-order valence-electron chi connectivity index (χ1n) is 6.47. The van der Waals surface area contributed by atoms with E-state index in [-0.39, 0.29) is 24.5 Å². The Hall–Kier alpha value is -1.79. The summed E-state index contributed by atoms with van der Waals surface area (Å²) in [5.41, 5.74) is -0.000408. The molecule has 0 aromatic heterocycles. The fourth-order valence-electron chi connectivity index (χ4n) is 1.58. The first-order chi connectivity index (χ1) is 9.60. The summed E-state index contributed by atoms with van der Waals surface area (Å²) in [6.45, 7) is 4.57. The lowest BCUT2D eigenvalue weighted by molar-refractivity contribution is 0.0155. The van der Waals surface area contributed by atoms with Crippen LogP contribution in [-0.2, 0) is 4.74 Å². The number of rotatable bonds is 9. The summed E-state index contributed by atoms with van der Waals surface area (Å²) in [6, 6.07) is 4.63. The Bertz CT molecular complexity index is 432. The van der Waals surface area contributed by atoms with E-state index in [0.717, 1.165) is 0 Å². The molecule has 6 nitrogen and oxygen atoms in total. The van der Waals surface area contributed by atoms with Crippen molar-refractivity contribution in [2.24, 2.45) is 0 Å². The number of aliphatic hydroxyl groups excluding tert-OH is 1. The average Bonchev–Trinajstić information content (AvgIpc) is 2.43. The van der Waals surface area contributed by atoms with Gasteiger partial charge in [0.25, 0.3) is 0 Å². The molecule has 0 amide bonds. The smallest absolute Gasteiger partial charge is 0.339 e. The van der Waals surface area contributed by atoms with Crippen molar-refractivity contribution in [1.82, 2.24) is 0 Å². The molecule has 20 heavy (non-hydrogen) atoms. The monoisotopic (exact) mass is 284 g/mol. The second-order valence-electron chi connectivity index (χ2n) is 4.00. The van der Waals surface area contributed by atoms with Gasteiger partial charge >= 0.3 is 5.97 Å². The Labute approximate surface area is 117 Å². The number of hydrogen-bond acceptors (Lipinski definition) is 5. The Morgan fingerprint density at radius 3 is 2.55 bits per heavy atom. The maximum atomic E-state index is 11.2. The van der Waals surface area contributed by atoms with Crippen LogP contribution < -0.4 is 9.47 Å². The number of carboxylic acid groups (broad SMARTS) is 1. The van der Waals surface area contributed by atoms with Crippen molar-refractivity contribution < 1.29 is 29.2 Å². The summed E-state index contributed by atoms with van der Waals surface area (Å²) in [5.74, 6) is -0.644. The number of para-hydroxylation sites is 1. The lowest BCUT2D eigenvalue weighted by Crippen LogP contribution is -2.24. The van der Waals surface area contributed by atoms with Crippen LogP contribution in [0.25, 0.3) is 0 Å². The highest BCUT2D eigenvalue weighted by Crippen LogP contribution is 2.31. The molecule has 1 unspecified atom stereocenters. The standard InChI is InChI=1S/C14H20O6/c1-3-18-8-10(15)9-20-13-11(14(16)17)6-5-7-12(13)19-4-2/h5-7,10,15H,3-4,8-9H2,1-2H3,(H,16,17). The quantitative estimate of drug-likeness (QED) is 0.716. The van der Waals surface area contributed by atoms with E-state index >= 15 is 0 Å². The number of aliphatic hydroxyl groups is 1. The van der Waals surface area contributed by atoms with Gasteiger partial charge in [0.2, 0.25) is 0 Å². The van der Waals surface area contributed by atoms with Crippen LogP contribution in [0.1, 0.15) is 24.2 Å². The minimum atomic E-state index is -1.11. The average molecular weight is 284 g/mol. The molecule has 0 aliphatic rings. The molecular formula is C14H20O6. The number of carboxylic acids is 1. The molecule has 0 aliphatic carbocycles. The highest BCUT2D eigenvalue weighted by atomic mass is 16.5. The lowest BCUT2D eigenvalue weighted by Gasteiger charge is -2.16. The molecule has 6 heteroatoms. The molecule has 0 radical (unpaired) electrons. The van der Waals surface area contributed by atoms with Crippen LogP contribution >= 0.6 is 0 Å². The van der Waals surface area contributed by atoms with E-state index < -0.39 is 12.1 Å². The second-order valence-corrected chi connectivity index (χ2v) is 4.00. The Balaban J connectivity index is 2.82. The normalized spacial score (nSPS) is 11.9. The molecule has 1 aromatic rings. The van der Waals surface area contributed by atoms with Gasteiger partial charge in [-0.3, -0.25) is 0 Å². The summed E-state index contributed by atoms with van der Waals surface area (Å²) in [7, 11) is 0. The van der Waals surface area contributed by atoms with Gasteiger partial charge in [-0.15, -0.1) is 0 Å². The van der Waals surface area contributed by atoms with Crippen molar-refractivity contribution in [1.29, 1.82) is 0 Å². The van der Waals surface area contributed by atoms with Gasteiger partial charge in [-0.1, -0.05) is 6.07 Å². The summed E-state index contributed by atoms with van der Waals surface area (Å²) < 4.78 is 15.8. The number of benzene rings is 1. The highest BCUT2D eigenvalue weighted by Gasteiger charge is 2.17. The molecular weight excluding hydrogens is 264 g/mol. The van der Waals surface area contributed by atoms with Gasteiger partial charge in [-0.2, -0.15) is 0 Å². The molecule has 0 heterocycles. The van der Waals surface area contributed by atoms with Crippen LogP contribution in [-0.4, -0.2) is 48.7 Å². The van der Waals surface area contributed by atoms with Crippen LogP contribution in [0, 0.1) is 0 Å². The van der Waals surface area contributed by atoms with E-state index in [4.69, 9.17) is 19.3 Å². The molecule has 0 fully saturated rings. The third-order valence-electron chi connectivity index (χ3n) is 2.44. The van der Waals surface area contributed by atoms with Crippen LogP contribution in [0.5, 0.6) is 11.5 Å². The number of aromatic carboxylic acids is 1. The van der Waals surface area contributed by atoms with Crippen LogP contribution in [0.4, 0.5) is 0 Å². The Morgan fingerprint density at radius 2 is 1.95 bits per heavy atom. The number of ether oxygens (including phenoxy) is 3. The maximum Gasteiger partial charge on any atom is 0.339 e. The Kier molecular flexibility index (Phi) is 6.83. The van der Waals surface area contributed by atoms with Crippen molar-refractivity contribution >= 4 is 5.97 Å². The molecule has 1 aromatic carbocycles. The van der Waals surface area contributed by atoms with E-state index in [9.17, 15) is 9.90 Å². The van der Waals surface area contributed by atoms with Crippen molar-refractivity contribution in [3.8, 4) is 11.5 Å². The fourth-order valence-corrected chi connectivity index (χ4v) is 1.58. The molecule has 0 saturated carbocycles. The van der Waals surface area contributed by atoms with Gasteiger partial charge in [0, 0.05) is 6.61 Å². The van der Waals surface area contributed by atoms with Gasteiger partial charge in [0.05, 0.1) is 13.2 Å². The minimum absolute atomic E-state index is 0.000408. The van der Waals surface area contributed by atoms with Crippen LogP contribution in [0.3, 0.4) is 0 Å². The largest absolute Gasteiger partial charge is 0.490 e. The molecule has 0 saturated heterocycles. The van der Waals surface area contributed by atoms with Crippen molar-refractivity contribution in [3.05, 3.63) is 23.8 Å². The van der Waals surface area contributed by atoms with E-state index in [0.29, 0.717) is 19.0 Å². The number of hydrogen-bond donors (Lipinski definition) is 2. The van der Waals surface area contributed by atoms with Crippen molar-refractivity contribution in [3.63, 3.8) is 0 Å². The Morgan fingerprint density at radius 1 is 1.20 bits per heavy atom. The number of carbonyl (C=O) groups is 1. The molecule has 0 spiro atoms. The summed E-state index contributed by atoms with van der Waals surface area (Å²) in [5, 5.41) is 18.8. The summed E-state index contributed by atoms with van der Waals surface area (Å²) in [4.78, 5) is 11.2. The third-order valence-corrected chi connectivity index (χ3v) is 2.44. The van der Waals surface area contributed by atoms with Crippen molar-refractivity contribution in [2.75, 3.05) is 26.4 Å². The van der Waals surface area contributed by atoms with E-state index in [2.05, 4.69) is 0 Å². The zero-order chi connectivity index (χ0) is 15.0. The molecule has 2 N–H and O–H groups in total. The molecule has 1 atom stereocenters. The lowest BCUT2D eigenvalue weighted by atomic mass is 10.2. The highest BCUT2D eigenvalue weighted by molar-refractivity contribution is 5.92.